The number of amidine groups is 1. The summed E-state index contributed by atoms with van der Waals surface area (Å²) in [5, 5.41) is 2.16. The van der Waals surface area contributed by atoms with Gasteiger partial charge in [-0.15, -0.1) is 0 Å². The van der Waals surface area contributed by atoms with Gasteiger partial charge < -0.3 is 0 Å². The predicted octanol–water partition coefficient (Wildman–Crippen LogP) is 13.1. The first-order chi connectivity index (χ1) is 26.8. The highest BCUT2D eigenvalue weighted by molar-refractivity contribution is 6.12. The lowest BCUT2D eigenvalue weighted by atomic mass is 9.90. The minimum Gasteiger partial charge on any atom is -0.253 e. The van der Waals surface area contributed by atoms with Crippen molar-refractivity contribution in [2.24, 2.45) is 15.9 Å². The molecule has 7 aromatic rings. The van der Waals surface area contributed by atoms with Crippen LogP contribution in [0, 0.1) is 12.8 Å². The number of fused-ring (bicyclic) bond motifs is 3. The molecular weight excluding hydrogens is 669 g/mol. The Bertz CT molecular complexity index is 2660. The van der Waals surface area contributed by atoms with Crippen molar-refractivity contribution >= 4 is 33.4 Å². The third kappa shape index (κ3) is 7.49. The lowest BCUT2D eigenvalue weighted by Crippen LogP contribution is -2.13. The fourth-order valence-electron chi connectivity index (χ4n) is 7.53. The fraction of sp³-hybridized carbons (Fsp3) is 0.137. The molecule has 4 heteroatoms. The highest BCUT2D eigenvalue weighted by Gasteiger charge is 2.18. The number of aromatic nitrogens is 2. The van der Waals surface area contributed by atoms with Crippen LogP contribution in [0.4, 0.5) is 0 Å². The van der Waals surface area contributed by atoms with Crippen LogP contribution in [0.15, 0.2) is 185 Å². The van der Waals surface area contributed by atoms with Gasteiger partial charge in [-0.3, -0.25) is 9.98 Å². The van der Waals surface area contributed by atoms with E-state index in [0.29, 0.717) is 11.8 Å². The highest BCUT2D eigenvalue weighted by atomic mass is 14.9. The zero-order valence-corrected chi connectivity index (χ0v) is 31.9. The first-order valence-electron chi connectivity index (χ1n) is 19.0. The van der Waals surface area contributed by atoms with Gasteiger partial charge in [-0.1, -0.05) is 159 Å². The largest absolute Gasteiger partial charge is 0.253 e. The van der Waals surface area contributed by atoms with Crippen LogP contribution in [0.5, 0.6) is 0 Å². The second-order valence-corrected chi connectivity index (χ2v) is 14.6. The van der Waals surface area contributed by atoms with E-state index in [4.69, 9.17) is 20.0 Å². The molecule has 0 N–H and O–H groups in total. The van der Waals surface area contributed by atoms with E-state index in [9.17, 15) is 0 Å². The van der Waals surface area contributed by atoms with Crippen molar-refractivity contribution in [2.75, 3.05) is 0 Å². The molecule has 0 amide bonds. The van der Waals surface area contributed by atoms with Crippen molar-refractivity contribution in [2.45, 2.75) is 40.2 Å². The third-order valence-electron chi connectivity index (χ3n) is 10.4. The Hall–Kier alpha value is -6.52. The van der Waals surface area contributed by atoms with Crippen molar-refractivity contribution in [3.05, 3.63) is 192 Å². The molecule has 2 atom stereocenters. The summed E-state index contributed by atoms with van der Waals surface area (Å²) < 4.78 is 0. The van der Waals surface area contributed by atoms with Gasteiger partial charge in [0.25, 0.3) is 0 Å². The van der Waals surface area contributed by atoms with Crippen LogP contribution in [-0.2, 0) is 0 Å². The first kappa shape index (κ1) is 35.5. The summed E-state index contributed by atoms with van der Waals surface area (Å²) in [7, 11) is 0. The van der Waals surface area contributed by atoms with E-state index >= 15 is 0 Å². The summed E-state index contributed by atoms with van der Waals surface area (Å²) in [6, 6.07) is 48.6. The van der Waals surface area contributed by atoms with E-state index in [1.165, 1.54) is 5.57 Å². The summed E-state index contributed by atoms with van der Waals surface area (Å²) in [6.07, 6.45) is 7.54. The van der Waals surface area contributed by atoms with Gasteiger partial charge in [0.2, 0.25) is 0 Å². The number of hydrogen-bond acceptors (Lipinski definition) is 3. The van der Waals surface area contributed by atoms with E-state index < -0.39 is 0 Å². The molecule has 0 saturated carbocycles. The molecule has 0 saturated heterocycles. The number of aryl methyl sites for hydroxylation is 1. The molecule has 8 rings (SSSR count). The SMILES string of the molecule is C=C(C)C(N=C(N=C(C)C1=CC=CCC1C)c1ccccc1)c1ccc(-c2cccc(-c3cc(C)nc4c3ccc3ccc(-c5ccccc5)nc34)c2)cc1. The zero-order valence-electron chi connectivity index (χ0n) is 31.9. The fourth-order valence-corrected chi connectivity index (χ4v) is 7.53. The Morgan fingerprint density at radius 3 is 2.16 bits per heavy atom. The molecule has 2 heterocycles. The second-order valence-electron chi connectivity index (χ2n) is 14.6. The van der Waals surface area contributed by atoms with Gasteiger partial charge in [0, 0.05) is 33.3 Å². The molecule has 2 unspecified atom stereocenters. The molecule has 0 fully saturated rings. The van der Waals surface area contributed by atoms with Gasteiger partial charge in [0.1, 0.15) is 0 Å². The summed E-state index contributed by atoms with van der Waals surface area (Å²) in [6.45, 7) is 12.8. The van der Waals surface area contributed by atoms with E-state index in [1.54, 1.807) is 0 Å². The average molecular weight is 713 g/mol. The van der Waals surface area contributed by atoms with Crippen LogP contribution in [0.2, 0.25) is 0 Å². The van der Waals surface area contributed by atoms with Gasteiger partial charge in [0.05, 0.1) is 22.8 Å². The normalized spacial score (nSPS) is 15.3. The van der Waals surface area contributed by atoms with Gasteiger partial charge in [0.15, 0.2) is 5.84 Å². The molecule has 0 bridgehead atoms. The number of pyridine rings is 2. The molecule has 5 aromatic carbocycles. The summed E-state index contributed by atoms with van der Waals surface area (Å²) in [5.74, 6) is 1.13. The smallest absolute Gasteiger partial charge is 0.155 e. The van der Waals surface area contributed by atoms with E-state index in [1.807, 2.05) is 43.3 Å². The van der Waals surface area contributed by atoms with Crippen LogP contribution in [-0.4, -0.2) is 21.5 Å². The van der Waals surface area contributed by atoms with Gasteiger partial charge in [-0.2, -0.15) is 0 Å². The maximum atomic E-state index is 5.29. The van der Waals surface area contributed by atoms with Gasteiger partial charge in [-0.05, 0) is 84.7 Å². The molecule has 0 aliphatic heterocycles. The van der Waals surface area contributed by atoms with Gasteiger partial charge in [-0.25, -0.2) is 9.98 Å². The molecule has 1 aliphatic carbocycles. The van der Waals surface area contributed by atoms with Crippen LogP contribution in [0.1, 0.15) is 50.1 Å². The summed E-state index contributed by atoms with van der Waals surface area (Å²) in [4.78, 5) is 20.6. The Labute approximate surface area is 324 Å². The number of rotatable bonds is 8. The zero-order chi connectivity index (χ0) is 37.9. The standard InChI is InChI=1S/C51H44N4/c1-33(2)48(55-51(41-18-10-7-11-19-41)53-36(5)44-22-13-12-15-34(44)3)39-25-23-37(24-26-39)42-20-14-21-43(32-42)46-31-35(4)52-50-45(46)29-27-40-28-30-47(54-49(40)50)38-16-8-6-9-17-38/h6-14,16-32,34,48H,1,15H2,2-5H3. The Morgan fingerprint density at radius 1 is 0.709 bits per heavy atom. The van der Waals surface area contributed by atoms with Gasteiger partial charge >= 0.3 is 0 Å². The van der Waals surface area contributed by atoms with Crippen LogP contribution < -0.4 is 0 Å². The van der Waals surface area contributed by atoms with Crippen molar-refractivity contribution in [1.29, 1.82) is 0 Å². The maximum Gasteiger partial charge on any atom is 0.155 e. The van der Waals surface area contributed by atoms with Crippen LogP contribution in [0.3, 0.4) is 0 Å². The molecule has 4 nitrogen and oxygen atoms in total. The van der Waals surface area contributed by atoms with Crippen molar-refractivity contribution in [3.8, 4) is 33.5 Å². The molecule has 0 spiro atoms. The number of benzene rings is 5. The molecule has 1 aliphatic rings. The number of aliphatic imine (C=N–C) groups is 2. The lowest BCUT2D eigenvalue weighted by Gasteiger charge is -2.19. The first-order valence-corrected chi connectivity index (χ1v) is 19.0. The summed E-state index contributed by atoms with van der Waals surface area (Å²) >= 11 is 0. The second kappa shape index (κ2) is 15.5. The van der Waals surface area contributed by atoms with E-state index in [-0.39, 0.29) is 6.04 Å². The van der Waals surface area contributed by atoms with Crippen LogP contribution >= 0.6 is 0 Å². The molecule has 0 radical (unpaired) electrons. The number of allylic oxidation sites excluding steroid dienone is 4. The quantitative estimate of drug-likeness (QED) is 0.0682. The van der Waals surface area contributed by atoms with Crippen molar-refractivity contribution < 1.29 is 0 Å². The Kier molecular flexibility index (Phi) is 9.97. The lowest BCUT2D eigenvalue weighted by molar-refractivity contribution is 0.712. The predicted molar refractivity (Wildman–Crippen MR) is 233 cm³/mol. The average Bonchev–Trinajstić information content (AvgIpc) is 3.22. The van der Waals surface area contributed by atoms with Crippen molar-refractivity contribution in [1.82, 2.24) is 9.97 Å². The summed E-state index contributed by atoms with van der Waals surface area (Å²) in [5.41, 5.74) is 14.7. The third-order valence-corrected chi connectivity index (χ3v) is 10.4. The van der Waals surface area contributed by atoms with Crippen LogP contribution in [0.25, 0.3) is 55.3 Å². The maximum absolute atomic E-state index is 5.29. The Balaban J connectivity index is 1.14. The number of nitrogens with zero attached hydrogens (tertiary/aromatic N) is 4. The molecule has 55 heavy (non-hydrogen) atoms. The van der Waals surface area contributed by atoms with E-state index in [0.717, 1.165) is 89.8 Å². The topological polar surface area (TPSA) is 50.5 Å². The monoisotopic (exact) mass is 712 g/mol. The number of hydrogen-bond donors (Lipinski definition) is 0. The molecule has 268 valence electrons. The minimum atomic E-state index is -0.248. The van der Waals surface area contributed by atoms with E-state index in [2.05, 4.69) is 149 Å². The molecular formula is C51H44N4. The molecule has 2 aromatic heterocycles. The van der Waals surface area contributed by atoms with Crippen molar-refractivity contribution in [3.63, 3.8) is 0 Å². The highest BCUT2D eigenvalue weighted by Crippen LogP contribution is 2.36. The Morgan fingerprint density at radius 2 is 1.42 bits per heavy atom. The minimum absolute atomic E-state index is 0.248.